The molecular weight excluding hydrogens is 166 g/mol. The number of amides is 1. The van der Waals surface area contributed by atoms with E-state index in [4.69, 9.17) is 11.6 Å². The first-order chi connectivity index (χ1) is 5.33. The molecule has 1 aromatic heterocycles. The largest absolute Gasteiger partial charge is 0.348 e. The number of alkyl halides is 1. The van der Waals surface area contributed by atoms with Crippen molar-refractivity contribution in [3.8, 4) is 0 Å². The van der Waals surface area contributed by atoms with E-state index in [-0.39, 0.29) is 11.8 Å². The first-order valence-electron chi connectivity index (χ1n) is 3.14. The smallest absolute Gasteiger partial charge is 0.235 e. The SMILES string of the molecule is O=C(CCl)NCc1ncc[nH]1. The summed E-state index contributed by atoms with van der Waals surface area (Å²) in [6.07, 6.45) is 3.32. The van der Waals surface area contributed by atoms with E-state index in [0.29, 0.717) is 6.54 Å². The number of halogens is 1. The van der Waals surface area contributed by atoms with E-state index in [1.807, 2.05) is 0 Å². The summed E-state index contributed by atoms with van der Waals surface area (Å²) in [6, 6.07) is 0. The summed E-state index contributed by atoms with van der Waals surface area (Å²) in [7, 11) is 0. The average molecular weight is 174 g/mol. The second-order valence-corrected chi connectivity index (χ2v) is 2.21. The molecule has 0 aromatic carbocycles. The Hall–Kier alpha value is -1.03. The molecule has 4 nitrogen and oxygen atoms in total. The molecule has 0 aliphatic carbocycles. The molecule has 0 unspecified atom stereocenters. The lowest BCUT2D eigenvalue weighted by Gasteiger charge is -1.97. The highest BCUT2D eigenvalue weighted by molar-refractivity contribution is 6.27. The zero-order valence-electron chi connectivity index (χ0n) is 5.80. The van der Waals surface area contributed by atoms with Gasteiger partial charge in [0.2, 0.25) is 5.91 Å². The molecule has 1 rings (SSSR count). The number of nitrogens with zero attached hydrogens (tertiary/aromatic N) is 1. The summed E-state index contributed by atoms with van der Waals surface area (Å²) in [6.45, 7) is 0.401. The van der Waals surface area contributed by atoms with Crippen LogP contribution in [0.2, 0.25) is 0 Å². The highest BCUT2D eigenvalue weighted by Crippen LogP contribution is 1.86. The molecule has 0 aliphatic rings. The zero-order chi connectivity index (χ0) is 8.10. The summed E-state index contributed by atoms with van der Waals surface area (Å²) in [5.41, 5.74) is 0. The van der Waals surface area contributed by atoms with Gasteiger partial charge in [0.25, 0.3) is 0 Å². The molecule has 1 aromatic rings. The third kappa shape index (κ3) is 2.59. The van der Waals surface area contributed by atoms with Gasteiger partial charge in [0.15, 0.2) is 0 Å². The average Bonchev–Trinajstić information content (AvgIpc) is 2.52. The van der Waals surface area contributed by atoms with E-state index in [9.17, 15) is 4.79 Å². The predicted molar refractivity (Wildman–Crippen MR) is 41.2 cm³/mol. The van der Waals surface area contributed by atoms with Crippen LogP contribution in [0.3, 0.4) is 0 Å². The Morgan fingerprint density at radius 3 is 3.18 bits per heavy atom. The molecule has 5 heteroatoms. The highest BCUT2D eigenvalue weighted by Gasteiger charge is 1.98. The number of imidazole rings is 1. The van der Waals surface area contributed by atoms with Crippen LogP contribution >= 0.6 is 11.6 Å². The van der Waals surface area contributed by atoms with Crippen LogP contribution in [-0.2, 0) is 11.3 Å². The Labute approximate surface area is 69.0 Å². The summed E-state index contributed by atoms with van der Waals surface area (Å²) in [5, 5.41) is 2.57. The van der Waals surface area contributed by atoms with Crippen LogP contribution in [-0.4, -0.2) is 21.8 Å². The van der Waals surface area contributed by atoms with Crippen LogP contribution in [0.4, 0.5) is 0 Å². The van der Waals surface area contributed by atoms with Crippen LogP contribution in [0.5, 0.6) is 0 Å². The van der Waals surface area contributed by atoms with E-state index in [1.54, 1.807) is 12.4 Å². The molecule has 0 spiro atoms. The van der Waals surface area contributed by atoms with Crippen molar-refractivity contribution in [2.24, 2.45) is 0 Å². The van der Waals surface area contributed by atoms with Crippen molar-refractivity contribution in [3.05, 3.63) is 18.2 Å². The normalized spacial score (nSPS) is 9.55. The van der Waals surface area contributed by atoms with Crippen molar-refractivity contribution in [2.75, 3.05) is 5.88 Å². The van der Waals surface area contributed by atoms with Gasteiger partial charge in [0.05, 0.1) is 6.54 Å². The lowest BCUT2D eigenvalue weighted by Crippen LogP contribution is -2.24. The molecule has 0 radical (unpaired) electrons. The number of carbonyl (C=O) groups excluding carboxylic acids is 1. The Bertz CT molecular complexity index is 222. The van der Waals surface area contributed by atoms with Gasteiger partial charge in [-0.15, -0.1) is 11.6 Å². The minimum atomic E-state index is -0.192. The minimum absolute atomic E-state index is 0.0132. The van der Waals surface area contributed by atoms with Crippen LogP contribution in [0, 0.1) is 0 Å². The molecule has 0 bridgehead atoms. The Morgan fingerprint density at radius 1 is 1.82 bits per heavy atom. The summed E-state index contributed by atoms with van der Waals surface area (Å²) >= 11 is 5.25. The van der Waals surface area contributed by atoms with E-state index < -0.39 is 0 Å². The molecule has 0 atom stereocenters. The van der Waals surface area contributed by atoms with Crippen LogP contribution in [0.25, 0.3) is 0 Å². The molecule has 0 aliphatic heterocycles. The maximum atomic E-state index is 10.6. The van der Waals surface area contributed by atoms with Gasteiger partial charge in [-0.3, -0.25) is 4.79 Å². The highest BCUT2D eigenvalue weighted by atomic mass is 35.5. The summed E-state index contributed by atoms with van der Waals surface area (Å²) in [5.74, 6) is 0.521. The van der Waals surface area contributed by atoms with Gasteiger partial charge < -0.3 is 10.3 Å². The number of nitrogens with one attached hydrogen (secondary N) is 2. The number of hydrogen-bond donors (Lipinski definition) is 2. The fourth-order valence-corrected chi connectivity index (χ4v) is 0.719. The third-order valence-electron chi connectivity index (χ3n) is 1.13. The lowest BCUT2D eigenvalue weighted by molar-refractivity contribution is -0.118. The van der Waals surface area contributed by atoms with Gasteiger partial charge in [-0.2, -0.15) is 0 Å². The standard InChI is InChI=1S/C6H8ClN3O/c7-3-6(11)10-4-5-8-1-2-9-5/h1-2H,3-4H2,(H,8,9)(H,10,11). The van der Waals surface area contributed by atoms with E-state index in [2.05, 4.69) is 15.3 Å². The minimum Gasteiger partial charge on any atom is -0.348 e. The van der Waals surface area contributed by atoms with Crippen molar-refractivity contribution in [1.82, 2.24) is 15.3 Å². The second-order valence-electron chi connectivity index (χ2n) is 1.95. The van der Waals surface area contributed by atoms with Gasteiger partial charge in [-0.1, -0.05) is 0 Å². The van der Waals surface area contributed by atoms with Gasteiger partial charge in [-0.25, -0.2) is 4.98 Å². The number of H-pyrrole nitrogens is 1. The number of hydrogen-bond acceptors (Lipinski definition) is 2. The van der Waals surface area contributed by atoms with Crippen LogP contribution < -0.4 is 5.32 Å². The fourth-order valence-electron chi connectivity index (χ4n) is 0.624. The Morgan fingerprint density at radius 2 is 2.64 bits per heavy atom. The molecule has 11 heavy (non-hydrogen) atoms. The van der Waals surface area contributed by atoms with Crippen LogP contribution in [0.1, 0.15) is 5.82 Å². The van der Waals surface area contributed by atoms with Crippen molar-refractivity contribution in [1.29, 1.82) is 0 Å². The quantitative estimate of drug-likeness (QED) is 0.645. The first kappa shape index (κ1) is 8.07. The molecule has 1 amide bonds. The topological polar surface area (TPSA) is 57.8 Å². The number of rotatable bonds is 3. The van der Waals surface area contributed by atoms with Crippen molar-refractivity contribution in [2.45, 2.75) is 6.54 Å². The number of aromatic nitrogens is 2. The van der Waals surface area contributed by atoms with E-state index in [1.165, 1.54) is 0 Å². The molecular formula is C6H8ClN3O. The Balaban J connectivity index is 2.29. The molecule has 0 saturated carbocycles. The van der Waals surface area contributed by atoms with Gasteiger partial charge >= 0.3 is 0 Å². The van der Waals surface area contributed by atoms with Crippen molar-refractivity contribution in [3.63, 3.8) is 0 Å². The number of carbonyl (C=O) groups is 1. The molecule has 0 fully saturated rings. The van der Waals surface area contributed by atoms with Crippen molar-refractivity contribution < 1.29 is 4.79 Å². The summed E-state index contributed by atoms with van der Waals surface area (Å²) in [4.78, 5) is 17.4. The van der Waals surface area contributed by atoms with Gasteiger partial charge in [0.1, 0.15) is 11.7 Å². The van der Waals surface area contributed by atoms with Crippen LogP contribution in [0.15, 0.2) is 12.4 Å². The monoisotopic (exact) mass is 173 g/mol. The zero-order valence-corrected chi connectivity index (χ0v) is 6.56. The van der Waals surface area contributed by atoms with E-state index in [0.717, 1.165) is 5.82 Å². The maximum Gasteiger partial charge on any atom is 0.235 e. The molecule has 0 saturated heterocycles. The summed E-state index contributed by atoms with van der Waals surface area (Å²) < 4.78 is 0. The number of aromatic amines is 1. The lowest BCUT2D eigenvalue weighted by atomic mass is 10.5. The molecule has 60 valence electrons. The fraction of sp³-hybridized carbons (Fsp3) is 0.333. The molecule has 1 heterocycles. The van der Waals surface area contributed by atoms with Gasteiger partial charge in [-0.05, 0) is 0 Å². The van der Waals surface area contributed by atoms with E-state index >= 15 is 0 Å². The second kappa shape index (κ2) is 3.98. The molecule has 2 N–H and O–H groups in total. The van der Waals surface area contributed by atoms with Gasteiger partial charge in [0, 0.05) is 12.4 Å². The third-order valence-corrected chi connectivity index (χ3v) is 1.37. The Kier molecular flexibility index (Phi) is 2.92. The predicted octanol–water partition coefficient (Wildman–Crippen LogP) is 0.265. The maximum absolute atomic E-state index is 10.6. The van der Waals surface area contributed by atoms with Crippen molar-refractivity contribution >= 4 is 17.5 Å². The first-order valence-corrected chi connectivity index (χ1v) is 3.67.